The van der Waals surface area contributed by atoms with E-state index in [0.717, 1.165) is 5.69 Å². The number of carboxylic acid groups (broad SMARTS) is 1. The number of nitrogens with zero attached hydrogens (tertiary/aromatic N) is 2. The van der Waals surface area contributed by atoms with Gasteiger partial charge in [0.1, 0.15) is 0 Å². The molecule has 4 nitrogen and oxygen atoms in total. The normalized spacial score (nSPS) is 11.6. The van der Waals surface area contributed by atoms with Gasteiger partial charge in [-0.1, -0.05) is 13.0 Å². The molecule has 0 saturated heterocycles. The average Bonchev–Trinajstić information content (AvgIpc) is 2.28. The highest BCUT2D eigenvalue weighted by atomic mass is 16.4. The lowest BCUT2D eigenvalue weighted by atomic mass is 10.1. The van der Waals surface area contributed by atoms with E-state index in [1.54, 1.807) is 25.1 Å². The third kappa shape index (κ3) is 2.99. The predicted molar refractivity (Wildman–Crippen MR) is 61.2 cm³/mol. The minimum atomic E-state index is -0.816. The van der Waals surface area contributed by atoms with E-state index in [-0.39, 0.29) is 0 Å². The summed E-state index contributed by atoms with van der Waals surface area (Å²) in [5.41, 5.74) is 1.43. The van der Waals surface area contributed by atoms with Gasteiger partial charge < -0.3 is 10.0 Å². The minimum Gasteiger partial charge on any atom is -0.481 e. The van der Waals surface area contributed by atoms with Gasteiger partial charge in [-0.05, 0) is 18.2 Å². The first-order valence-electron chi connectivity index (χ1n) is 4.98. The van der Waals surface area contributed by atoms with E-state index in [4.69, 9.17) is 10.4 Å². The van der Waals surface area contributed by atoms with Crippen molar-refractivity contribution in [2.24, 2.45) is 5.92 Å². The molecular formula is C12H14N2O2. The van der Waals surface area contributed by atoms with Gasteiger partial charge in [-0.2, -0.15) is 5.26 Å². The van der Waals surface area contributed by atoms with E-state index in [0.29, 0.717) is 12.1 Å². The zero-order valence-electron chi connectivity index (χ0n) is 9.34. The molecule has 1 aromatic rings. The van der Waals surface area contributed by atoms with Gasteiger partial charge in [0.25, 0.3) is 0 Å². The van der Waals surface area contributed by atoms with Crippen LogP contribution in [-0.2, 0) is 4.79 Å². The fraction of sp³-hybridized carbons (Fsp3) is 0.333. The molecule has 0 aromatic heterocycles. The van der Waals surface area contributed by atoms with Crippen LogP contribution in [0.25, 0.3) is 0 Å². The van der Waals surface area contributed by atoms with Crippen LogP contribution >= 0.6 is 0 Å². The lowest BCUT2D eigenvalue weighted by Gasteiger charge is -2.21. The molecule has 84 valence electrons. The minimum absolute atomic E-state index is 0.421. The number of carbonyl (C=O) groups is 1. The maximum atomic E-state index is 10.7. The summed E-state index contributed by atoms with van der Waals surface area (Å²) < 4.78 is 0. The molecule has 0 saturated carbocycles. The van der Waals surface area contributed by atoms with Crippen molar-refractivity contribution in [2.75, 3.05) is 18.5 Å². The van der Waals surface area contributed by atoms with Crippen LogP contribution in [0.5, 0.6) is 0 Å². The monoisotopic (exact) mass is 218 g/mol. The van der Waals surface area contributed by atoms with E-state index in [2.05, 4.69) is 6.07 Å². The van der Waals surface area contributed by atoms with Crippen molar-refractivity contribution >= 4 is 11.7 Å². The molecule has 0 heterocycles. The van der Waals surface area contributed by atoms with E-state index in [9.17, 15) is 4.79 Å². The van der Waals surface area contributed by atoms with Crippen molar-refractivity contribution in [3.8, 4) is 6.07 Å². The van der Waals surface area contributed by atoms with Crippen molar-refractivity contribution in [1.82, 2.24) is 0 Å². The topological polar surface area (TPSA) is 64.3 Å². The predicted octanol–water partition coefficient (Wildman–Crippen LogP) is 1.72. The fourth-order valence-electron chi connectivity index (χ4n) is 1.41. The van der Waals surface area contributed by atoms with E-state index >= 15 is 0 Å². The Morgan fingerprint density at radius 1 is 1.62 bits per heavy atom. The third-order valence-corrected chi connectivity index (χ3v) is 2.39. The van der Waals surface area contributed by atoms with Crippen molar-refractivity contribution in [1.29, 1.82) is 5.26 Å². The molecule has 1 rings (SSSR count). The summed E-state index contributed by atoms with van der Waals surface area (Å²) in [6.07, 6.45) is 0. The van der Waals surface area contributed by atoms with Crippen molar-refractivity contribution < 1.29 is 9.90 Å². The van der Waals surface area contributed by atoms with Crippen LogP contribution in [-0.4, -0.2) is 24.7 Å². The maximum Gasteiger partial charge on any atom is 0.308 e. The molecule has 0 aliphatic rings. The molecule has 4 heteroatoms. The summed E-state index contributed by atoms with van der Waals surface area (Å²) in [5.74, 6) is -1.25. The molecule has 0 aliphatic carbocycles. The van der Waals surface area contributed by atoms with Crippen LogP contribution in [0, 0.1) is 17.2 Å². The zero-order valence-corrected chi connectivity index (χ0v) is 9.34. The van der Waals surface area contributed by atoms with Gasteiger partial charge in [-0.25, -0.2) is 0 Å². The van der Waals surface area contributed by atoms with Crippen molar-refractivity contribution in [3.63, 3.8) is 0 Å². The van der Waals surface area contributed by atoms with E-state index < -0.39 is 11.9 Å². The Labute approximate surface area is 94.7 Å². The van der Waals surface area contributed by atoms with Crippen LogP contribution in [0.1, 0.15) is 12.5 Å². The summed E-state index contributed by atoms with van der Waals surface area (Å²) >= 11 is 0. The largest absolute Gasteiger partial charge is 0.481 e. The summed E-state index contributed by atoms with van der Waals surface area (Å²) in [6.45, 7) is 2.08. The van der Waals surface area contributed by atoms with Crippen molar-refractivity contribution in [2.45, 2.75) is 6.92 Å². The molecular weight excluding hydrogens is 204 g/mol. The molecule has 1 N–H and O–H groups in total. The van der Waals surface area contributed by atoms with Gasteiger partial charge in [0.15, 0.2) is 0 Å². The van der Waals surface area contributed by atoms with E-state index in [1.165, 1.54) is 0 Å². The summed E-state index contributed by atoms with van der Waals surface area (Å²) in [6, 6.07) is 9.16. The van der Waals surface area contributed by atoms with Crippen molar-refractivity contribution in [3.05, 3.63) is 29.8 Å². The molecule has 1 unspecified atom stereocenters. The highest BCUT2D eigenvalue weighted by Gasteiger charge is 2.13. The number of carboxylic acids is 1. The van der Waals surface area contributed by atoms with Crippen LogP contribution < -0.4 is 4.90 Å². The van der Waals surface area contributed by atoms with Gasteiger partial charge >= 0.3 is 5.97 Å². The van der Waals surface area contributed by atoms with Gasteiger partial charge in [0.05, 0.1) is 17.6 Å². The molecule has 1 aromatic carbocycles. The maximum absolute atomic E-state index is 10.7. The number of rotatable bonds is 4. The molecule has 0 bridgehead atoms. The van der Waals surface area contributed by atoms with Crippen LogP contribution in [0.2, 0.25) is 0 Å². The Balaban J connectivity index is 2.77. The first-order valence-corrected chi connectivity index (χ1v) is 4.98. The molecule has 0 radical (unpaired) electrons. The van der Waals surface area contributed by atoms with E-state index in [1.807, 2.05) is 18.0 Å². The Hall–Kier alpha value is -2.02. The summed E-state index contributed by atoms with van der Waals surface area (Å²) in [5, 5.41) is 17.6. The molecule has 1 atom stereocenters. The first kappa shape index (κ1) is 12.1. The summed E-state index contributed by atoms with van der Waals surface area (Å²) in [4.78, 5) is 12.5. The fourth-order valence-corrected chi connectivity index (χ4v) is 1.41. The highest BCUT2D eigenvalue weighted by molar-refractivity contribution is 5.70. The summed E-state index contributed by atoms with van der Waals surface area (Å²) in [7, 11) is 1.82. The van der Waals surface area contributed by atoms with Gasteiger partial charge in [0.2, 0.25) is 0 Å². The standard InChI is InChI=1S/C12H14N2O2/c1-9(12(15)16)8-14(2)11-5-3-4-10(6-11)7-13/h3-6,9H,8H2,1-2H3,(H,15,16). The quantitative estimate of drug-likeness (QED) is 0.835. The smallest absolute Gasteiger partial charge is 0.308 e. The van der Waals surface area contributed by atoms with Crippen LogP contribution in [0.3, 0.4) is 0 Å². The Bertz CT molecular complexity index is 423. The van der Waals surface area contributed by atoms with Crippen LogP contribution in [0.4, 0.5) is 5.69 Å². The number of benzene rings is 1. The second-order valence-electron chi connectivity index (χ2n) is 3.78. The second-order valence-corrected chi connectivity index (χ2v) is 3.78. The zero-order chi connectivity index (χ0) is 12.1. The number of hydrogen-bond acceptors (Lipinski definition) is 3. The molecule has 0 fully saturated rings. The molecule has 0 amide bonds. The van der Waals surface area contributed by atoms with Crippen LogP contribution in [0.15, 0.2) is 24.3 Å². The number of nitriles is 1. The Kier molecular flexibility index (Phi) is 3.90. The third-order valence-electron chi connectivity index (χ3n) is 2.39. The Morgan fingerprint density at radius 3 is 2.88 bits per heavy atom. The second kappa shape index (κ2) is 5.17. The van der Waals surface area contributed by atoms with Gasteiger partial charge in [-0.15, -0.1) is 0 Å². The lowest BCUT2D eigenvalue weighted by molar-refractivity contribution is -0.140. The molecule has 0 aliphatic heterocycles. The van der Waals surface area contributed by atoms with Gasteiger partial charge in [-0.3, -0.25) is 4.79 Å². The number of hydrogen-bond donors (Lipinski definition) is 1. The SMILES string of the molecule is CC(CN(C)c1cccc(C#N)c1)C(=O)O. The molecule has 0 spiro atoms. The first-order chi connectivity index (χ1) is 7.54. The average molecular weight is 218 g/mol. The number of aliphatic carboxylic acids is 1. The Morgan fingerprint density at radius 2 is 2.31 bits per heavy atom. The number of anilines is 1. The highest BCUT2D eigenvalue weighted by Crippen LogP contribution is 2.15. The van der Waals surface area contributed by atoms with Gasteiger partial charge in [0, 0.05) is 19.3 Å². The lowest BCUT2D eigenvalue weighted by Crippen LogP contribution is -2.28. The molecule has 16 heavy (non-hydrogen) atoms.